The van der Waals surface area contributed by atoms with Crippen molar-refractivity contribution in [1.29, 1.82) is 0 Å². The number of aryl methyl sites for hydroxylation is 2. The maximum atomic E-state index is 13.7. The molecule has 0 aliphatic carbocycles. The van der Waals surface area contributed by atoms with Crippen LogP contribution in [0.1, 0.15) is 82.1 Å². The van der Waals surface area contributed by atoms with Gasteiger partial charge in [-0.2, -0.15) is 26.3 Å². The Labute approximate surface area is 263 Å². The summed E-state index contributed by atoms with van der Waals surface area (Å²) in [4.78, 5) is 27.9. The highest BCUT2D eigenvalue weighted by Crippen LogP contribution is 2.51. The van der Waals surface area contributed by atoms with Gasteiger partial charge in [-0.25, -0.2) is 4.79 Å². The third-order valence-corrected chi connectivity index (χ3v) is 8.49. The van der Waals surface area contributed by atoms with Gasteiger partial charge in [0, 0.05) is 11.6 Å². The first-order valence-electron chi connectivity index (χ1n) is 15.3. The summed E-state index contributed by atoms with van der Waals surface area (Å²) >= 11 is 0. The third kappa shape index (κ3) is 6.19. The minimum absolute atomic E-state index is 0.0185. The molecule has 2 aliphatic rings. The molecular weight excluding hydrogens is 622 g/mol. The summed E-state index contributed by atoms with van der Waals surface area (Å²) < 4.78 is 98.9. The number of aliphatic hydroxyl groups is 1. The highest BCUT2D eigenvalue weighted by atomic mass is 19.4. The summed E-state index contributed by atoms with van der Waals surface area (Å²) in [6, 6.07) is 5.37. The number of amides is 3. The molecule has 2 N–H and O–H groups in total. The number of nitrogens with one attached hydrogen (secondary N) is 1. The van der Waals surface area contributed by atoms with E-state index in [4.69, 9.17) is 14.2 Å². The maximum Gasteiger partial charge on any atom is 0.430 e. The second kappa shape index (κ2) is 13.2. The molecule has 2 heterocycles. The van der Waals surface area contributed by atoms with E-state index in [1.54, 1.807) is 45.9 Å². The standard InChI is InChI=1S/C32H38F6N2O6/c1-5-9-20-15-23(30(43,31(33,34)35)32(36,37)38)16-21(10-6-2)26(20)44-14-8-11-19(4)40-27(41)29(7-3,39-28(40)42)22-12-13-24-25(17-22)46-18-45-24/h12-13,15-17,19,43H,5-11,14,18H2,1-4H3,(H,39,42). The lowest BCUT2D eigenvalue weighted by molar-refractivity contribution is -0.376. The van der Waals surface area contributed by atoms with Crippen LogP contribution in [0.15, 0.2) is 30.3 Å². The van der Waals surface area contributed by atoms with E-state index in [1.165, 1.54) is 0 Å². The number of hydrogen-bond donors (Lipinski definition) is 2. The number of benzene rings is 2. The molecule has 0 aromatic heterocycles. The van der Waals surface area contributed by atoms with Crippen LogP contribution in [-0.2, 0) is 28.8 Å². The average molecular weight is 661 g/mol. The largest absolute Gasteiger partial charge is 0.493 e. The van der Waals surface area contributed by atoms with Crippen molar-refractivity contribution in [2.75, 3.05) is 13.4 Å². The molecule has 2 unspecified atom stereocenters. The van der Waals surface area contributed by atoms with E-state index in [1.807, 2.05) is 0 Å². The number of halogens is 6. The van der Waals surface area contributed by atoms with Gasteiger partial charge >= 0.3 is 18.4 Å². The lowest BCUT2D eigenvalue weighted by atomic mass is 9.86. The summed E-state index contributed by atoms with van der Waals surface area (Å²) in [5.74, 6) is 0.748. The van der Waals surface area contributed by atoms with Crippen LogP contribution in [0.5, 0.6) is 17.2 Å². The minimum atomic E-state index is -6.01. The van der Waals surface area contributed by atoms with Crippen LogP contribution in [0.3, 0.4) is 0 Å². The Morgan fingerprint density at radius 2 is 1.54 bits per heavy atom. The molecule has 4 rings (SSSR count). The number of nitrogens with zero attached hydrogens (tertiary/aromatic N) is 1. The normalized spacial score (nSPS) is 19.1. The fourth-order valence-corrected chi connectivity index (χ4v) is 6.02. The summed E-state index contributed by atoms with van der Waals surface area (Å²) in [6.45, 7) is 6.99. The van der Waals surface area contributed by atoms with Gasteiger partial charge in [0.1, 0.15) is 11.3 Å². The molecule has 254 valence electrons. The van der Waals surface area contributed by atoms with Crippen LogP contribution in [0.2, 0.25) is 0 Å². The lowest BCUT2D eigenvalue weighted by Crippen LogP contribution is -2.54. The fourth-order valence-electron chi connectivity index (χ4n) is 6.02. The van der Waals surface area contributed by atoms with E-state index in [9.17, 15) is 41.0 Å². The second-order valence-electron chi connectivity index (χ2n) is 11.6. The Bertz CT molecular complexity index is 1400. The van der Waals surface area contributed by atoms with Crippen molar-refractivity contribution in [3.8, 4) is 17.2 Å². The van der Waals surface area contributed by atoms with Crippen LogP contribution in [0, 0.1) is 0 Å². The van der Waals surface area contributed by atoms with Gasteiger partial charge in [0.05, 0.1) is 6.61 Å². The average Bonchev–Trinajstić information content (AvgIpc) is 3.55. The molecule has 0 radical (unpaired) electrons. The van der Waals surface area contributed by atoms with E-state index in [0.29, 0.717) is 42.7 Å². The van der Waals surface area contributed by atoms with E-state index in [2.05, 4.69) is 5.32 Å². The number of carbonyl (C=O) groups is 2. The molecule has 2 atom stereocenters. The predicted octanol–water partition coefficient (Wildman–Crippen LogP) is 7.04. The number of hydrogen-bond acceptors (Lipinski definition) is 6. The van der Waals surface area contributed by atoms with Crippen molar-refractivity contribution >= 4 is 11.9 Å². The first-order valence-corrected chi connectivity index (χ1v) is 15.3. The van der Waals surface area contributed by atoms with Crippen molar-refractivity contribution in [3.63, 3.8) is 0 Å². The summed E-state index contributed by atoms with van der Waals surface area (Å²) in [5, 5.41) is 12.9. The summed E-state index contributed by atoms with van der Waals surface area (Å²) in [5.41, 5.74) is -6.86. The van der Waals surface area contributed by atoms with Crippen LogP contribution in [0.4, 0.5) is 31.1 Å². The lowest BCUT2D eigenvalue weighted by Gasteiger charge is -2.33. The molecule has 0 bridgehead atoms. The Kier molecular flexibility index (Phi) is 10.1. The van der Waals surface area contributed by atoms with E-state index in [-0.39, 0.29) is 49.5 Å². The number of urea groups is 1. The third-order valence-electron chi connectivity index (χ3n) is 8.49. The summed E-state index contributed by atoms with van der Waals surface area (Å²) in [7, 11) is 0. The van der Waals surface area contributed by atoms with Gasteiger partial charge in [-0.1, -0.05) is 39.7 Å². The molecule has 8 nitrogen and oxygen atoms in total. The SMILES string of the molecule is CCCc1cc(C(O)(C(F)(F)F)C(F)(F)F)cc(CCC)c1OCCCC(C)N1C(=O)NC(CC)(c2ccc3c(c2)OCO3)C1=O. The highest BCUT2D eigenvalue weighted by Gasteiger charge is 2.71. The van der Waals surface area contributed by atoms with Crippen LogP contribution >= 0.6 is 0 Å². The second-order valence-corrected chi connectivity index (χ2v) is 11.6. The molecule has 0 saturated carbocycles. The van der Waals surface area contributed by atoms with E-state index < -0.39 is 47.0 Å². The maximum absolute atomic E-state index is 13.7. The fraction of sp³-hybridized carbons (Fsp3) is 0.562. The first kappa shape index (κ1) is 35.2. The summed E-state index contributed by atoms with van der Waals surface area (Å²) in [6.07, 6.45) is -10.1. The number of fused-ring (bicyclic) bond motifs is 1. The quantitative estimate of drug-likeness (QED) is 0.136. The zero-order valence-electron chi connectivity index (χ0n) is 26.0. The van der Waals surface area contributed by atoms with Gasteiger partial charge in [-0.15, -0.1) is 0 Å². The molecule has 2 aliphatic heterocycles. The minimum Gasteiger partial charge on any atom is -0.493 e. The molecule has 2 aromatic rings. The predicted molar refractivity (Wildman–Crippen MR) is 155 cm³/mol. The van der Waals surface area contributed by atoms with Gasteiger partial charge in [-0.3, -0.25) is 9.69 Å². The molecule has 3 amide bonds. The van der Waals surface area contributed by atoms with E-state index >= 15 is 0 Å². The molecule has 46 heavy (non-hydrogen) atoms. The number of imide groups is 1. The molecule has 2 aromatic carbocycles. The van der Waals surface area contributed by atoms with Gasteiger partial charge in [0.15, 0.2) is 11.5 Å². The highest BCUT2D eigenvalue weighted by molar-refractivity contribution is 6.07. The van der Waals surface area contributed by atoms with Crippen molar-refractivity contribution in [1.82, 2.24) is 10.2 Å². The Balaban J connectivity index is 1.51. The zero-order chi connectivity index (χ0) is 34.1. The topological polar surface area (TPSA) is 97.3 Å². The van der Waals surface area contributed by atoms with Crippen molar-refractivity contribution in [2.45, 2.75) is 102 Å². The Morgan fingerprint density at radius 3 is 2.09 bits per heavy atom. The van der Waals surface area contributed by atoms with Crippen LogP contribution in [-0.4, -0.2) is 53.7 Å². The number of carbonyl (C=O) groups excluding carboxylic acids is 2. The monoisotopic (exact) mass is 660 g/mol. The molecule has 14 heteroatoms. The van der Waals surface area contributed by atoms with Crippen molar-refractivity contribution < 1.29 is 55.2 Å². The Morgan fingerprint density at radius 1 is 0.957 bits per heavy atom. The molecular formula is C32H38F6N2O6. The number of rotatable bonds is 13. The molecule has 0 spiro atoms. The number of alkyl halides is 6. The molecule has 1 saturated heterocycles. The van der Waals surface area contributed by atoms with Gasteiger partial charge < -0.3 is 24.6 Å². The van der Waals surface area contributed by atoms with Gasteiger partial charge in [-0.05, 0) is 80.0 Å². The smallest absolute Gasteiger partial charge is 0.430 e. The van der Waals surface area contributed by atoms with Crippen LogP contribution < -0.4 is 19.5 Å². The van der Waals surface area contributed by atoms with Gasteiger partial charge in [0.2, 0.25) is 6.79 Å². The number of ether oxygens (including phenoxy) is 3. The molecule has 1 fully saturated rings. The van der Waals surface area contributed by atoms with Crippen molar-refractivity contribution in [2.24, 2.45) is 0 Å². The van der Waals surface area contributed by atoms with Crippen molar-refractivity contribution in [3.05, 3.63) is 52.6 Å². The first-order chi connectivity index (χ1) is 21.6. The Hall–Kier alpha value is -3.68. The zero-order valence-corrected chi connectivity index (χ0v) is 26.0. The van der Waals surface area contributed by atoms with E-state index in [0.717, 1.165) is 17.0 Å². The van der Waals surface area contributed by atoms with Gasteiger partial charge in [0.25, 0.3) is 11.5 Å². The van der Waals surface area contributed by atoms with Crippen LogP contribution in [0.25, 0.3) is 0 Å².